The average molecular weight is 436 g/mol. The van der Waals surface area contributed by atoms with Crippen molar-refractivity contribution in [2.75, 3.05) is 4.90 Å². The van der Waals surface area contributed by atoms with Crippen LogP contribution in [-0.2, 0) is 11.3 Å². The van der Waals surface area contributed by atoms with Gasteiger partial charge in [0.05, 0.1) is 6.04 Å². The molecule has 2 aromatic carbocycles. The van der Waals surface area contributed by atoms with Crippen LogP contribution in [0.25, 0.3) is 0 Å². The molecule has 32 heavy (non-hydrogen) atoms. The van der Waals surface area contributed by atoms with Crippen molar-refractivity contribution in [2.45, 2.75) is 98.2 Å². The van der Waals surface area contributed by atoms with E-state index in [0.717, 1.165) is 17.8 Å². The largest absolute Gasteiger partial charge is 0.308 e. The monoisotopic (exact) mass is 435 g/mol. The van der Waals surface area contributed by atoms with E-state index in [1.807, 2.05) is 17.0 Å². The molecule has 1 fully saturated rings. The lowest BCUT2D eigenvalue weighted by molar-refractivity contribution is -0.131. The summed E-state index contributed by atoms with van der Waals surface area (Å²) in [6, 6.07) is 20.1. The molecule has 0 aromatic heterocycles. The summed E-state index contributed by atoms with van der Waals surface area (Å²) in [6.07, 6.45) is 0. The number of amides is 1. The Balaban J connectivity index is 1.85. The maximum Gasteiger partial charge on any atom is 0.244 e. The topological polar surface area (TPSA) is 26.8 Å². The predicted octanol–water partition coefficient (Wildman–Crippen LogP) is 5.50. The van der Waals surface area contributed by atoms with Crippen LogP contribution in [0.15, 0.2) is 54.6 Å². The van der Waals surface area contributed by atoms with Gasteiger partial charge in [0.2, 0.25) is 5.91 Å². The van der Waals surface area contributed by atoms with Crippen molar-refractivity contribution < 1.29 is 4.79 Å². The molecule has 174 valence electrons. The van der Waals surface area contributed by atoms with Gasteiger partial charge in [0, 0.05) is 42.4 Å². The molecule has 1 aliphatic rings. The lowest BCUT2D eigenvalue weighted by Gasteiger charge is -2.55. The van der Waals surface area contributed by atoms with Gasteiger partial charge in [-0.3, -0.25) is 14.6 Å². The van der Waals surface area contributed by atoms with Crippen molar-refractivity contribution in [1.29, 1.82) is 0 Å². The molecule has 4 nitrogen and oxygen atoms in total. The third kappa shape index (κ3) is 4.77. The van der Waals surface area contributed by atoms with Crippen molar-refractivity contribution in [3.63, 3.8) is 0 Å². The van der Waals surface area contributed by atoms with Crippen LogP contribution in [0, 0.1) is 6.92 Å². The molecule has 4 heteroatoms. The van der Waals surface area contributed by atoms with Crippen LogP contribution in [0.1, 0.15) is 59.6 Å². The molecule has 1 aliphatic heterocycles. The molecular weight excluding hydrogens is 394 g/mol. The van der Waals surface area contributed by atoms with Gasteiger partial charge in [-0.1, -0.05) is 48.5 Å². The summed E-state index contributed by atoms with van der Waals surface area (Å²) in [6.45, 7) is 18.5. The van der Waals surface area contributed by atoms with Gasteiger partial charge in [0.15, 0.2) is 0 Å². The molecule has 5 unspecified atom stereocenters. The molecule has 5 atom stereocenters. The minimum absolute atomic E-state index is 0.103. The molecule has 2 aromatic rings. The zero-order valence-electron chi connectivity index (χ0n) is 21.1. The Morgan fingerprint density at radius 1 is 0.844 bits per heavy atom. The number of carbonyl (C=O) groups is 1. The van der Waals surface area contributed by atoms with Gasteiger partial charge in [0.1, 0.15) is 0 Å². The second-order valence-corrected chi connectivity index (χ2v) is 9.83. The summed E-state index contributed by atoms with van der Waals surface area (Å²) >= 11 is 0. The van der Waals surface area contributed by atoms with Gasteiger partial charge in [-0.25, -0.2) is 0 Å². The van der Waals surface area contributed by atoms with Gasteiger partial charge in [-0.05, 0) is 72.6 Å². The number of hydrogen-bond acceptors (Lipinski definition) is 3. The molecule has 1 saturated heterocycles. The van der Waals surface area contributed by atoms with Crippen molar-refractivity contribution >= 4 is 11.6 Å². The Hall–Kier alpha value is -2.17. The number of benzene rings is 2. The fourth-order valence-corrected chi connectivity index (χ4v) is 5.40. The first-order chi connectivity index (χ1) is 15.1. The highest BCUT2D eigenvalue weighted by molar-refractivity contribution is 5.98. The maximum atomic E-state index is 13.9. The number of para-hydroxylation sites is 1. The third-order valence-electron chi connectivity index (χ3n) is 7.52. The normalized spacial score (nSPS) is 25.7. The van der Waals surface area contributed by atoms with Crippen LogP contribution < -0.4 is 4.90 Å². The molecule has 1 amide bonds. The first-order valence-electron chi connectivity index (χ1n) is 12.1. The van der Waals surface area contributed by atoms with Crippen molar-refractivity contribution in [1.82, 2.24) is 9.80 Å². The average Bonchev–Trinajstić information content (AvgIpc) is 2.77. The number of aryl methyl sites for hydroxylation is 1. The first kappa shape index (κ1) is 24.5. The second-order valence-electron chi connectivity index (χ2n) is 9.83. The van der Waals surface area contributed by atoms with E-state index in [4.69, 9.17) is 0 Å². The highest BCUT2D eigenvalue weighted by atomic mass is 16.2. The Morgan fingerprint density at radius 2 is 1.38 bits per heavy atom. The summed E-state index contributed by atoms with van der Waals surface area (Å²) < 4.78 is 0. The van der Waals surface area contributed by atoms with Crippen molar-refractivity contribution in [3.8, 4) is 0 Å². The van der Waals surface area contributed by atoms with E-state index in [1.54, 1.807) is 0 Å². The van der Waals surface area contributed by atoms with Crippen LogP contribution in [-0.4, -0.2) is 52.0 Å². The second kappa shape index (κ2) is 10.2. The predicted molar refractivity (Wildman–Crippen MR) is 135 cm³/mol. The zero-order chi connectivity index (χ0) is 23.6. The molecule has 0 spiro atoms. The van der Waals surface area contributed by atoms with Gasteiger partial charge in [-0.15, -0.1) is 0 Å². The molecule has 0 saturated carbocycles. The fourth-order valence-electron chi connectivity index (χ4n) is 5.40. The van der Waals surface area contributed by atoms with E-state index in [0.29, 0.717) is 12.1 Å². The van der Waals surface area contributed by atoms with E-state index in [9.17, 15) is 4.79 Å². The molecule has 0 bridgehead atoms. The van der Waals surface area contributed by atoms with Crippen molar-refractivity contribution in [2.24, 2.45) is 0 Å². The minimum atomic E-state index is -0.189. The van der Waals surface area contributed by atoms with E-state index in [1.165, 1.54) is 5.56 Å². The summed E-state index contributed by atoms with van der Waals surface area (Å²) in [5, 5.41) is 0. The van der Waals surface area contributed by atoms with Crippen LogP contribution in [0.4, 0.5) is 5.69 Å². The number of rotatable bonds is 6. The van der Waals surface area contributed by atoms with E-state index >= 15 is 0 Å². The summed E-state index contributed by atoms with van der Waals surface area (Å²) in [5.41, 5.74) is 3.49. The van der Waals surface area contributed by atoms with E-state index in [-0.39, 0.29) is 30.1 Å². The van der Waals surface area contributed by atoms with Crippen LogP contribution in [0.5, 0.6) is 0 Å². The lowest BCUT2D eigenvalue weighted by atomic mass is 9.91. The third-order valence-corrected chi connectivity index (χ3v) is 7.52. The SMILES string of the molecule is Cc1ccccc1N(C(=O)C(C)N1C(C)C(C)N(Cc2ccccc2)C(C)C1C)C(C)C. The maximum absolute atomic E-state index is 13.9. The summed E-state index contributed by atoms with van der Waals surface area (Å²) in [4.78, 5) is 20.9. The number of carbonyl (C=O) groups excluding carboxylic acids is 1. The summed E-state index contributed by atoms with van der Waals surface area (Å²) in [5.74, 6) is 0.184. The van der Waals surface area contributed by atoms with E-state index in [2.05, 4.69) is 108 Å². The molecule has 1 heterocycles. The lowest BCUT2D eigenvalue weighted by Crippen LogP contribution is -2.68. The van der Waals surface area contributed by atoms with Gasteiger partial charge in [-0.2, -0.15) is 0 Å². The van der Waals surface area contributed by atoms with E-state index < -0.39 is 0 Å². The smallest absolute Gasteiger partial charge is 0.244 e. The molecule has 0 aliphatic carbocycles. The van der Waals surface area contributed by atoms with Crippen molar-refractivity contribution in [3.05, 3.63) is 65.7 Å². The number of nitrogens with zero attached hydrogens (tertiary/aromatic N) is 3. The fraction of sp³-hybridized carbons (Fsp3) is 0.536. The Labute approximate surface area is 195 Å². The molecular formula is C28H41N3O. The quantitative estimate of drug-likeness (QED) is 0.600. The zero-order valence-corrected chi connectivity index (χ0v) is 21.1. The summed E-state index contributed by atoms with van der Waals surface area (Å²) in [7, 11) is 0. The minimum Gasteiger partial charge on any atom is -0.308 e. The number of piperazine rings is 1. The van der Waals surface area contributed by atoms with Crippen LogP contribution in [0.2, 0.25) is 0 Å². The highest BCUT2D eigenvalue weighted by Crippen LogP contribution is 2.32. The number of anilines is 1. The van der Waals surface area contributed by atoms with Crippen LogP contribution >= 0.6 is 0 Å². The van der Waals surface area contributed by atoms with Gasteiger partial charge in [0.25, 0.3) is 0 Å². The Bertz CT molecular complexity index is 881. The Kier molecular flexibility index (Phi) is 7.79. The Morgan fingerprint density at radius 3 is 1.91 bits per heavy atom. The molecule has 0 radical (unpaired) electrons. The van der Waals surface area contributed by atoms with Crippen LogP contribution in [0.3, 0.4) is 0 Å². The van der Waals surface area contributed by atoms with Gasteiger partial charge < -0.3 is 4.90 Å². The standard InChI is InChI=1S/C28H41N3O/c1-19(2)30(27-17-13-12-14-20(27)3)28(32)25(8)31-23(6)21(4)29(22(5)24(31)7)18-26-15-10-9-11-16-26/h9-17,19,21-25H,18H2,1-8H3. The number of hydrogen-bond donors (Lipinski definition) is 0. The van der Waals surface area contributed by atoms with Gasteiger partial charge >= 0.3 is 0 Å². The highest BCUT2D eigenvalue weighted by Gasteiger charge is 2.44. The molecule has 0 N–H and O–H groups in total. The first-order valence-corrected chi connectivity index (χ1v) is 12.1. The molecule has 3 rings (SSSR count).